The van der Waals surface area contributed by atoms with Crippen molar-refractivity contribution in [3.63, 3.8) is 0 Å². The number of hydrogen-bond donors (Lipinski definition) is 0. The van der Waals surface area contributed by atoms with E-state index in [1.165, 1.54) is 31.9 Å². The van der Waals surface area contributed by atoms with Gasteiger partial charge in [-0.2, -0.15) is 8.42 Å². The molecule has 3 aromatic rings. The molecule has 1 aliphatic rings. The zero-order valence-electron chi connectivity index (χ0n) is 21.1. The first-order chi connectivity index (χ1) is 18.2. The lowest BCUT2D eigenvalue weighted by Crippen LogP contribution is -2.41. The zero-order chi connectivity index (χ0) is 27.3. The topological polar surface area (TPSA) is 82.1 Å². The van der Waals surface area contributed by atoms with Crippen LogP contribution in [-0.2, 0) is 26.4 Å². The van der Waals surface area contributed by atoms with Gasteiger partial charge in [-0.25, -0.2) is 0 Å². The van der Waals surface area contributed by atoms with Crippen LogP contribution in [0.5, 0.6) is 11.5 Å². The molecule has 1 amide bonds. The van der Waals surface area contributed by atoms with Crippen molar-refractivity contribution < 1.29 is 31.3 Å². The van der Waals surface area contributed by atoms with Crippen LogP contribution in [0.4, 0.5) is 3.89 Å². The number of ether oxygens (including phenoxy) is 3. The van der Waals surface area contributed by atoms with Crippen LogP contribution in [-0.4, -0.2) is 46.5 Å². The number of nitrogens with zero attached hydrogens (tertiary/aromatic N) is 1. The van der Waals surface area contributed by atoms with Crippen LogP contribution in [0.2, 0.25) is 0 Å². The summed E-state index contributed by atoms with van der Waals surface area (Å²) in [5, 5.41) is 0. The van der Waals surface area contributed by atoms with Crippen molar-refractivity contribution >= 4 is 32.1 Å². The van der Waals surface area contributed by atoms with Gasteiger partial charge in [0.25, 0.3) is 5.91 Å². The molecule has 0 aliphatic carbocycles. The maximum atomic E-state index is 13.7. The maximum absolute atomic E-state index is 13.7. The molecule has 1 heterocycles. The molecule has 1 atom stereocenters. The summed E-state index contributed by atoms with van der Waals surface area (Å²) in [4.78, 5) is 15.0. The molecule has 202 valence electrons. The van der Waals surface area contributed by atoms with Gasteiger partial charge in [-0.1, -0.05) is 42.5 Å². The summed E-state index contributed by atoms with van der Waals surface area (Å²) < 4.78 is 53.7. The molecular formula is C28H29BrFNO6S. The Morgan fingerprint density at radius 2 is 1.58 bits per heavy atom. The molecule has 1 aliphatic heterocycles. The van der Waals surface area contributed by atoms with Gasteiger partial charge >= 0.3 is 10.2 Å². The van der Waals surface area contributed by atoms with E-state index in [0.29, 0.717) is 46.1 Å². The molecule has 1 unspecified atom stereocenters. The fourth-order valence-electron chi connectivity index (χ4n) is 4.63. The SMILES string of the molecule is COc1cc(COC(C(=O)N2CCC(c3ccccc3)CC2)c2ccc(S(=O)(=O)F)cc2)cc(OC)c1Br. The van der Waals surface area contributed by atoms with E-state index in [-0.39, 0.29) is 12.5 Å². The first-order valence-corrected chi connectivity index (χ1v) is 14.3. The van der Waals surface area contributed by atoms with E-state index >= 15 is 0 Å². The zero-order valence-corrected chi connectivity index (χ0v) is 23.5. The Bertz CT molecular complexity index is 1330. The normalized spacial score (nSPS) is 15.2. The predicted octanol–water partition coefficient (Wildman–Crippen LogP) is 5.79. The van der Waals surface area contributed by atoms with Crippen LogP contribution in [0.15, 0.2) is 76.1 Å². The quantitative estimate of drug-likeness (QED) is 0.287. The molecule has 38 heavy (non-hydrogen) atoms. The summed E-state index contributed by atoms with van der Waals surface area (Å²) in [6, 6.07) is 18.9. The van der Waals surface area contributed by atoms with E-state index in [2.05, 4.69) is 28.1 Å². The van der Waals surface area contributed by atoms with Gasteiger partial charge in [0.05, 0.1) is 25.7 Å². The highest BCUT2D eigenvalue weighted by molar-refractivity contribution is 9.10. The summed E-state index contributed by atoms with van der Waals surface area (Å²) >= 11 is 3.44. The summed E-state index contributed by atoms with van der Waals surface area (Å²) in [6.45, 7) is 1.18. The molecule has 3 aromatic carbocycles. The van der Waals surface area contributed by atoms with Gasteiger partial charge in [0.2, 0.25) is 0 Å². The third-order valence-electron chi connectivity index (χ3n) is 6.69. The van der Waals surface area contributed by atoms with Gasteiger partial charge in [0, 0.05) is 13.1 Å². The first kappa shape index (κ1) is 28.1. The molecule has 10 heteroatoms. The Hall–Kier alpha value is -2.95. The maximum Gasteiger partial charge on any atom is 0.332 e. The van der Waals surface area contributed by atoms with E-state index in [1.807, 2.05) is 18.2 Å². The van der Waals surface area contributed by atoms with Crippen molar-refractivity contribution in [1.29, 1.82) is 0 Å². The number of benzene rings is 3. The highest BCUT2D eigenvalue weighted by Gasteiger charge is 2.31. The summed E-state index contributed by atoms with van der Waals surface area (Å²) in [5.74, 6) is 1.23. The lowest BCUT2D eigenvalue weighted by atomic mass is 9.89. The van der Waals surface area contributed by atoms with Crippen LogP contribution in [0.25, 0.3) is 0 Å². The second kappa shape index (κ2) is 12.3. The predicted molar refractivity (Wildman–Crippen MR) is 145 cm³/mol. The number of hydrogen-bond acceptors (Lipinski definition) is 6. The van der Waals surface area contributed by atoms with Crippen molar-refractivity contribution in [2.24, 2.45) is 0 Å². The lowest BCUT2D eigenvalue weighted by Gasteiger charge is -2.34. The average Bonchev–Trinajstić information content (AvgIpc) is 2.94. The minimum atomic E-state index is -4.86. The molecule has 7 nitrogen and oxygen atoms in total. The molecule has 4 rings (SSSR count). The van der Waals surface area contributed by atoms with Crippen molar-refractivity contribution in [2.75, 3.05) is 27.3 Å². The highest BCUT2D eigenvalue weighted by Crippen LogP contribution is 2.37. The average molecular weight is 607 g/mol. The number of piperidine rings is 1. The largest absolute Gasteiger partial charge is 0.495 e. The van der Waals surface area contributed by atoms with Crippen molar-refractivity contribution in [3.05, 3.63) is 87.9 Å². The smallest absolute Gasteiger partial charge is 0.332 e. The monoisotopic (exact) mass is 605 g/mol. The number of amides is 1. The third-order valence-corrected chi connectivity index (χ3v) is 8.31. The van der Waals surface area contributed by atoms with Crippen molar-refractivity contribution in [2.45, 2.75) is 36.4 Å². The van der Waals surface area contributed by atoms with E-state index in [1.54, 1.807) is 17.0 Å². The molecule has 1 saturated heterocycles. The van der Waals surface area contributed by atoms with Crippen LogP contribution in [0, 0.1) is 0 Å². The summed E-state index contributed by atoms with van der Waals surface area (Å²) in [6.07, 6.45) is 0.630. The summed E-state index contributed by atoms with van der Waals surface area (Å²) in [5.41, 5.74) is 2.41. The number of rotatable bonds is 9. The second-order valence-electron chi connectivity index (χ2n) is 9.02. The lowest BCUT2D eigenvalue weighted by molar-refractivity contribution is -0.146. The summed E-state index contributed by atoms with van der Waals surface area (Å²) in [7, 11) is -1.79. The van der Waals surface area contributed by atoms with Gasteiger partial charge in [-0.3, -0.25) is 4.79 Å². The molecule has 0 aromatic heterocycles. The number of halogens is 2. The Morgan fingerprint density at radius 3 is 2.11 bits per heavy atom. The van der Waals surface area contributed by atoms with E-state index in [0.717, 1.165) is 25.0 Å². The van der Waals surface area contributed by atoms with Crippen LogP contribution < -0.4 is 9.47 Å². The van der Waals surface area contributed by atoms with Crippen LogP contribution in [0.3, 0.4) is 0 Å². The molecule has 0 radical (unpaired) electrons. The third kappa shape index (κ3) is 6.54. The Kier molecular flexibility index (Phi) is 9.07. The van der Waals surface area contributed by atoms with E-state index in [4.69, 9.17) is 14.2 Å². The fraction of sp³-hybridized carbons (Fsp3) is 0.321. The van der Waals surface area contributed by atoms with Gasteiger partial charge < -0.3 is 19.1 Å². The van der Waals surface area contributed by atoms with Crippen LogP contribution in [0.1, 0.15) is 41.6 Å². The van der Waals surface area contributed by atoms with Crippen molar-refractivity contribution in [3.8, 4) is 11.5 Å². The fourth-order valence-corrected chi connectivity index (χ4v) is 5.64. The van der Waals surface area contributed by atoms with Gasteiger partial charge in [-0.15, -0.1) is 3.89 Å². The molecule has 0 saturated carbocycles. The molecular weight excluding hydrogens is 577 g/mol. The van der Waals surface area contributed by atoms with Crippen molar-refractivity contribution in [1.82, 2.24) is 4.90 Å². The number of carbonyl (C=O) groups excluding carboxylic acids is 1. The molecule has 0 bridgehead atoms. The Labute approximate surface area is 230 Å². The van der Waals surface area contributed by atoms with Crippen LogP contribution >= 0.6 is 15.9 Å². The highest BCUT2D eigenvalue weighted by atomic mass is 79.9. The standard InChI is InChI=1S/C28H29BrFNO6S/c1-35-24-16-19(17-25(36-2)26(24)29)18-37-27(22-8-10-23(11-9-22)38(30,33)34)28(32)31-14-12-21(13-15-31)20-6-4-3-5-7-20/h3-11,16-17,21,27H,12-15,18H2,1-2H3. The molecule has 1 fully saturated rings. The first-order valence-electron chi connectivity index (χ1n) is 12.1. The Balaban J connectivity index is 1.56. The van der Waals surface area contributed by atoms with Gasteiger partial charge in [0.15, 0.2) is 6.10 Å². The van der Waals surface area contributed by atoms with E-state index in [9.17, 15) is 17.1 Å². The minimum Gasteiger partial charge on any atom is -0.495 e. The molecule has 0 N–H and O–H groups in total. The number of likely N-dealkylation sites (tertiary alicyclic amines) is 1. The number of methoxy groups -OCH3 is 2. The van der Waals surface area contributed by atoms with E-state index < -0.39 is 21.2 Å². The second-order valence-corrected chi connectivity index (χ2v) is 11.2. The van der Waals surface area contributed by atoms with Gasteiger partial charge in [-0.05, 0) is 75.6 Å². The van der Waals surface area contributed by atoms with Gasteiger partial charge in [0.1, 0.15) is 16.0 Å². The minimum absolute atomic E-state index is 0.0556. The Morgan fingerprint density at radius 1 is 1.00 bits per heavy atom. The molecule has 0 spiro atoms. The number of carbonyl (C=O) groups is 1.